The van der Waals surface area contributed by atoms with E-state index in [0.717, 1.165) is 11.1 Å². The minimum absolute atomic E-state index is 0.162. The number of carbonyl (C=O) groups excluding carboxylic acids is 2. The Hall–Kier alpha value is -3.60. The summed E-state index contributed by atoms with van der Waals surface area (Å²) in [5.74, 6) is 0.134. The molecule has 0 aliphatic heterocycles. The highest BCUT2D eigenvalue weighted by Gasteiger charge is 2.22. The zero-order valence-electron chi connectivity index (χ0n) is 18.1. The molecule has 31 heavy (non-hydrogen) atoms. The molecule has 0 saturated heterocycles. The highest BCUT2D eigenvalue weighted by Crippen LogP contribution is 2.21. The van der Waals surface area contributed by atoms with E-state index in [-0.39, 0.29) is 17.9 Å². The van der Waals surface area contributed by atoms with Crippen molar-refractivity contribution in [2.45, 2.75) is 39.3 Å². The third-order valence-electron chi connectivity index (χ3n) is 5.10. The Kier molecular flexibility index (Phi) is 7.44. The van der Waals surface area contributed by atoms with Gasteiger partial charge in [0.15, 0.2) is 6.10 Å². The van der Waals surface area contributed by atoms with Crippen LogP contribution in [0.15, 0.2) is 78.9 Å². The summed E-state index contributed by atoms with van der Waals surface area (Å²) < 4.78 is 5.94. The van der Waals surface area contributed by atoms with Gasteiger partial charge in [0, 0.05) is 0 Å². The molecule has 0 heterocycles. The number of rotatable bonds is 8. The Morgan fingerprint density at radius 2 is 1.55 bits per heavy atom. The van der Waals surface area contributed by atoms with Gasteiger partial charge in [-0.25, -0.2) is 0 Å². The van der Waals surface area contributed by atoms with Crippen LogP contribution in [0.4, 0.5) is 5.69 Å². The number of hydrogen-bond donors (Lipinski definition) is 2. The van der Waals surface area contributed by atoms with Crippen molar-refractivity contribution in [2.24, 2.45) is 0 Å². The number of nitrogens with one attached hydrogen (secondary N) is 2. The average Bonchev–Trinajstić information content (AvgIpc) is 2.79. The van der Waals surface area contributed by atoms with E-state index in [1.807, 2.05) is 75.4 Å². The lowest BCUT2D eigenvalue weighted by atomic mass is 10.1. The van der Waals surface area contributed by atoms with Crippen LogP contribution in [-0.4, -0.2) is 17.9 Å². The Balaban J connectivity index is 1.72. The number of carbonyl (C=O) groups is 2. The molecular formula is C26H28N2O3. The van der Waals surface area contributed by atoms with E-state index in [1.165, 1.54) is 0 Å². The summed E-state index contributed by atoms with van der Waals surface area (Å²) in [5.41, 5.74) is 2.83. The highest BCUT2D eigenvalue weighted by atomic mass is 16.5. The number of para-hydroxylation sites is 2. The predicted octanol–water partition coefficient (Wildman–Crippen LogP) is 5.28. The third-order valence-corrected chi connectivity index (χ3v) is 5.10. The largest absolute Gasteiger partial charge is 0.480 e. The van der Waals surface area contributed by atoms with Gasteiger partial charge in [0.1, 0.15) is 5.75 Å². The van der Waals surface area contributed by atoms with Crippen molar-refractivity contribution in [3.63, 3.8) is 0 Å². The SMILES string of the molecule is CC[C@@H](Oc1ccccc1C)C(=O)Nc1ccccc1C(=O)N[C@@H](C)c1ccccc1. The average molecular weight is 417 g/mol. The van der Waals surface area contributed by atoms with Crippen LogP contribution < -0.4 is 15.4 Å². The lowest BCUT2D eigenvalue weighted by molar-refractivity contribution is -0.122. The molecule has 5 heteroatoms. The van der Waals surface area contributed by atoms with Crippen molar-refractivity contribution in [1.29, 1.82) is 0 Å². The third kappa shape index (κ3) is 5.72. The fourth-order valence-electron chi connectivity index (χ4n) is 3.27. The van der Waals surface area contributed by atoms with E-state index in [2.05, 4.69) is 10.6 Å². The number of anilines is 1. The maximum Gasteiger partial charge on any atom is 0.265 e. The van der Waals surface area contributed by atoms with Gasteiger partial charge in [0.2, 0.25) is 0 Å². The minimum atomic E-state index is -0.666. The Bertz CT molecular complexity index is 1030. The minimum Gasteiger partial charge on any atom is -0.480 e. The summed E-state index contributed by atoms with van der Waals surface area (Å²) in [6.45, 7) is 5.76. The first-order chi connectivity index (χ1) is 15.0. The molecule has 0 aliphatic carbocycles. The maximum absolute atomic E-state index is 12.9. The molecule has 0 radical (unpaired) electrons. The number of amides is 2. The van der Waals surface area contributed by atoms with Crippen molar-refractivity contribution >= 4 is 17.5 Å². The number of benzene rings is 3. The van der Waals surface area contributed by atoms with Gasteiger partial charge in [0.05, 0.1) is 17.3 Å². The normalized spacial score (nSPS) is 12.5. The van der Waals surface area contributed by atoms with Crippen LogP contribution in [0.2, 0.25) is 0 Å². The van der Waals surface area contributed by atoms with Crippen molar-refractivity contribution in [3.05, 3.63) is 95.6 Å². The molecule has 0 fully saturated rings. The van der Waals surface area contributed by atoms with Crippen molar-refractivity contribution in [1.82, 2.24) is 5.32 Å². The van der Waals surface area contributed by atoms with Crippen LogP contribution in [0.25, 0.3) is 0 Å². The second-order valence-corrected chi connectivity index (χ2v) is 7.42. The lowest BCUT2D eigenvalue weighted by Crippen LogP contribution is -2.34. The number of aryl methyl sites for hydroxylation is 1. The number of hydrogen-bond acceptors (Lipinski definition) is 3. The fraction of sp³-hybridized carbons (Fsp3) is 0.231. The standard InChI is InChI=1S/C26H28N2O3/c1-4-23(31-24-17-11-8-12-18(24)2)26(30)28-22-16-10-9-15-21(22)25(29)27-19(3)20-13-6-5-7-14-20/h5-17,19,23H,4H2,1-3H3,(H,27,29)(H,28,30)/t19-,23+/m0/s1. The molecule has 3 aromatic carbocycles. The first-order valence-corrected chi connectivity index (χ1v) is 10.5. The van der Waals surface area contributed by atoms with Crippen LogP contribution >= 0.6 is 0 Å². The molecule has 0 bridgehead atoms. The van der Waals surface area contributed by atoms with Crippen molar-refractivity contribution in [2.75, 3.05) is 5.32 Å². The van der Waals surface area contributed by atoms with E-state index in [4.69, 9.17) is 4.74 Å². The number of ether oxygens (including phenoxy) is 1. The Morgan fingerprint density at radius 3 is 2.26 bits per heavy atom. The second kappa shape index (κ2) is 10.4. The van der Waals surface area contributed by atoms with E-state index in [1.54, 1.807) is 24.3 Å². The summed E-state index contributed by atoms with van der Waals surface area (Å²) in [6, 6.07) is 24.1. The maximum atomic E-state index is 12.9. The van der Waals surface area contributed by atoms with Crippen molar-refractivity contribution < 1.29 is 14.3 Å². The smallest absolute Gasteiger partial charge is 0.265 e. The summed E-state index contributed by atoms with van der Waals surface area (Å²) in [5, 5.41) is 5.87. The highest BCUT2D eigenvalue weighted by molar-refractivity contribution is 6.04. The first-order valence-electron chi connectivity index (χ1n) is 10.5. The molecule has 5 nitrogen and oxygen atoms in total. The van der Waals surface area contributed by atoms with E-state index in [9.17, 15) is 9.59 Å². The molecule has 2 atom stereocenters. The molecule has 0 aliphatic rings. The second-order valence-electron chi connectivity index (χ2n) is 7.42. The molecule has 160 valence electrons. The molecular weight excluding hydrogens is 388 g/mol. The van der Waals surface area contributed by atoms with Gasteiger partial charge in [0.25, 0.3) is 11.8 Å². The molecule has 0 aromatic heterocycles. The van der Waals surface area contributed by atoms with E-state index < -0.39 is 6.10 Å². The van der Waals surface area contributed by atoms with Crippen LogP contribution in [0, 0.1) is 6.92 Å². The molecule has 0 saturated carbocycles. The topological polar surface area (TPSA) is 67.4 Å². The fourth-order valence-corrected chi connectivity index (χ4v) is 3.27. The molecule has 0 spiro atoms. The summed E-state index contributed by atoms with van der Waals surface area (Å²) in [4.78, 5) is 25.8. The van der Waals surface area contributed by atoms with Crippen LogP contribution in [0.1, 0.15) is 47.8 Å². The van der Waals surface area contributed by atoms with Crippen LogP contribution in [0.3, 0.4) is 0 Å². The summed E-state index contributed by atoms with van der Waals surface area (Å²) in [6.07, 6.45) is -0.167. The van der Waals surface area contributed by atoms with Gasteiger partial charge in [-0.05, 0) is 49.6 Å². The van der Waals surface area contributed by atoms with E-state index >= 15 is 0 Å². The molecule has 0 unspecified atom stereocenters. The van der Waals surface area contributed by atoms with Gasteiger partial charge in [-0.15, -0.1) is 0 Å². The lowest BCUT2D eigenvalue weighted by Gasteiger charge is -2.20. The van der Waals surface area contributed by atoms with Gasteiger partial charge >= 0.3 is 0 Å². The summed E-state index contributed by atoms with van der Waals surface area (Å²) >= 11 is 0. The Labute approximate surface area is 183 Å². The zero-order valence-corrected chi connectivity index (χ0v) is 18.1. The van der Waals surface area contributed by atoms with Gasteiger partial charge in [-0.1, -0.05) is 67.6 Å². The monoisotopic (exact) mass is 416 g/mol. The van der Waals surface area contributed by atoms with Crippen molar-refractivity contribution in [3.8, 4) is 5.75 Å². The van der Waals surface area contributed by atoms with Crippen LogP contribution in [0.5, 0.6) is 5.75 Å². The van der Waals surface area contributed by atoms with Gasteiger partial charge < -0.3 is 15.4 Å². The first kappa shape index (κ1) is 22.1. The molecule has 2 amide bonds. The van der Waals surface area contributed by atoms with Crippen LogP contribution in [-0.2, 0) is 4.79 Å². The molecule has 3 rings (SSSR count). The zero-order chi connectivity index (χ0) is 22.2. The molecule has 3 aromatic rings. The summed E-state index contributed by atoms with van der Waals surface area (Å²) in [7, 11) is 0. The Morgan fingerprint density at radius 1 is 0.903 bits per heavy atom. The quantitative estimate of drug-likeness (QED) is 0.525. The predicted molar refractivity (Wildman–Crippen MR) is 123 cm³/mol. The van der Waals surface area contributed by atoms with Gasteiger partial charge in [-0.2, -0.15) is 0 Å². The van der Waals surface area contributed by atoms with E-state index in [0.29, 0.717) is 23.4 Å². The van der Waals surface area contributed by atoms with Gasteiger partial charge in [-0.3, -0.25) is 9.59 Å². The molecule has 2 N–H and O–H groups in total.